The van der Waals surface area contributed by atoms with Gasteiger partial charge in [-0.1, -0.05) is 6.92 Å². The fraction of sp³-hybridized carbons (Fsp3) is 1.00. The Morgan fingerprint density at radius 2 is 2.00 bits per heavy atom. The average molecular weight is 232 g/mol. The number of hydrogen-bond donors (Lipinski definition) is 1. The largest absolute Gasteiger partial charge is 0.380 e. The number of rotatable bonds is 8. The zero-order chi connectivity index (χ0) is 10.8. The highest BCUT2D eigenvalue weighted by molar-refractivity contribution is 7.99. The molecule has 0 saturated carbocycles. The second-order valence-electron chi connectivity index (χ2n) is 3.82. The molecule has 0 unspecified atom stereocenters. The van der Waals surface area contributed by atoms with Gasteiger partial charge in [-0.2, -0.15) is 11.8 Å². The molecule has 15 heavy (non-hydrogen) atoms. The maximum absolute atomic E-state index is 5.40. The lowest BCUT2D eigenvalue weighted by Gasteiger charge is -2.26. The summed E-state index contributed by atoms with van der Waals surface area (Å²) in [6.45, 7) is 9.69. The van der Waals surface area contributed by atoms with Crippen LogP contribution in [-0.2, 0) is 4.74 Å². The molecule has 1 heterocycles. The molecule has 0 spiro atoms. The summed E-state index contributed by atoms with van der Waals surface area (Å²) in [6.07, 6.45) is 1.12. The summed E-state index contributed by atoms with van der Waals surface area (Å²) in [7, 11) is 0. The van der Waals surface area contributed by atoms with Crippen LogP contribution in [0.15, 0.2) is 0 Å². The molecule has 1 saturated heterocycles. The lowest BCUT2D eigenvalue weighted by atomic mass is 10.4. The van der Waals surface area contributed by atoms with Crippen LogP contribution in [0.3, 0.4) is 0 Å². The SMILES string of the molecule is CCCOCCNCCN1CCSCC1. The average Bonchev–Trinajstić information content (AvgIpc) is 2.29. The highest BCUT2D eigenvalue weighted by atomic mass is 32.2. The van der Waals surface area contributed by atoms with Crippen LogP contribution in [0, 0.1) is 0 Å². The minimum absolute atomic E-state index is 0.851. The Labute approximate surface area is 97.9 Å². The van der Waals surface area contributed by atoms with Gasteiger partial charge in [0.25, 0.3) is 0 Å². The smallest absolute Gasteiger partial charge is 0.0590 e. The van der Waals surface area contributed by atoms with Gasteiger partial charge in [0.2, 0.25) is 0 Å². The molecule has 0 bridgehead atoms. The van der Waals surface area contributed by atoms with E-state index in [0.717, 1.165) is 32.7 Å². The normalized spacial score (nSPS) is 18.2. The lowest BCUT2D eigenvalue weighted by molar-refractivity contribution is 0.136. The molecule has 1 rings (SSSR count). The van der Waals surface area contributed by atoms with Gasteiger partial charge in [0.1, 0.15) is 0 Å². The zero-order valence-corrected chi connectivity index (χ0v) is 10.7. The maximum atomic E-state index is 5.40. The van der Waals surface area contributed by atoms with E-state index >= 15 is 0 Å². The molecule has 0 aromatic rings. The van der Waals surface area contributed by atoms with E-state index in [9.17, 15) is 0 Å². The minimum Gasteiger partial charge on any atom is -0.380 e. The van der Waals surface area contributed by atoms with Crippen LogP contribution in [0.4, 0.5) is 0 Å². The van der Waals surface area contributed by atoms with Crippen LogP contribution in [0.5, 0.6) is 0 Å². The fourth-order valence-electron chi connectivity index (χ4n) is 1.58. The monoisotopic (exact) mass is 232 g/mol. The molecular formula is C11H24N2OS. The van der Waals surface area contributed by atoms with Crippen molar-refractivity contribution in [1.29, 1.82) is 0 Å². The molecule has 1 fully saturated rings. The van der Waals surface area contributed by atoms with Gasteiger partial charge in [-0.05, 0) is 6.42 Å². The van der Waals surface area contributed by atoms with Crippen LogP contribution < -0.4 is 5.32 Å². The first-order valence-corrected chi connectivity index (χ1v) is 7.17. The number of thioether (sulfide) groups is 1. The first kappa shape index (κ1) is 13.3. The molecule has 0 aromatic heterocycles. The van der Waals surface area contributed by atoms with Crippen molar-refractivity contribution >= 4 is 11.8 Å². The number of nitrogens with one attached hydrogen (secondary N) is 1. The van der Waals surface area contributed by atoms with Gasteiger partial charge >= 0.3 is 0 Å². The maximum Gasteiger partial charge on any atom is 0.0590 e. The predicted molar refractivity (Wildman–Crippen MR) is 67.7 cm³/mol. The van der Waals surface area contributed by atoms with E-state index in [2.05, 4.69) is 28.9 Å². The molecule has 0 radical (unpaired) electrons. The fourth-order valence-corrected chi connectivity index (χ4v) is 2.56. The van der Waals surface area contributed by atoms with Gasteiger partial charge in [0, 0.05) is 50.8 Å². The Balaban J connectivity index is 1.79. The van der Waals surface area contributed by atoms with Gasteiger partial charge in [-0.15, -0.1) is 0 Å². The first-order chi connectivity index (χ1) is 7.43. The van der Waals surface area contributed by atoms with Crippen LogP contribution in [0.2, 0.25) is 0 Å². The molecule has 0 amide bonds. The van der Waals surface area contributed by atoms with Crippen molar-refractivity contribution in [2.75, 3.05) is 57.4 Å². The Morgan fingerprint density at radius 1 is 1.20 bits per heavy atom. The van der Waals surface area contributed by atoms with Crippen LogP contribution in [-0.4, -0.2) is 62.3 Å². The molecule has 90 valence electrons. The minimum atomic E-state index is 0.851. The quantitative estimate of drug-likeness (QED) is 0.632. The number of hydrogen-bond acceptors (Lipinski definition) is 4. The third kappa shape index (κ3) is 7.17. The first-order valence-electron chi connectivity index (χ1n) is 6.02. The van der Waals surface area contributed by atoms with Crippen molar-refractivity contribution in [2.45, 2.75) is 13.3 Å². The van der Waals surface area contributed by atoms with Crippen molar-refractivity contribution in [1.82, 2.24) is 10.2 Å². The number of nitrogens with zero attached hydrogens (tertiary/aromatic N) is 1. The Hall–Kier alpha value is 0.230. The summed E-state index contributed by atoms with van der Waals surface area (Å²) in [4.78, 5) is 2.54. The lowest BCUT2D eigenvalue weighted by Crippen LogP contribution is -2.38. The Kier molecular flexibility index (Phi) is 8.38. The second kappa shape index (κ2) is 9.46. The van der Waals surface area contributed by atoms with Crippen LogP contribution in [0.1, 0.15) is 13.3 Å². The number of ether oxygens (including phenoxy) is 1. The van der Waals surface area contributed by atoms with Crippen molar-refractivity contribution in [3.63, 3.8) is 0 Å². The van der Waals surface area contributed by atoms with Gasteiger partial charge in [0.05, 0.1) is 6.61 Å². The molecular weight excluding hydrogens is 208 g/mol. The highest BCUT2D eigenvalue weighted by Crippen LogP contribution is 2.07. The van der Waals surface area contributed by atoms with Gasteiger partial charge in [-0.3, -0.25) is 0 Å². The summed E-state index contributed by atoms with van der Waals surface area (Å²) in [6, 6.07) is 0. The van der Waals surface area contributed by atoms with Crippen LogP contribution >= 0.6 is 11.8 Å². The molecule has 0 aliphatic carbocycles. The van der Waals surface area contributed by atoms with E-state index in [4.69, 9.17) is 4.74 Å². The Morgan fingerprint density at radius 3 is 2.73 bits per heavy atom. The van der Waals surface area contributed by atoms with Gasteiger partial charge < -0.3 is 15.0 Å². The zero-order valence-electron chi connectivity index (χ0n) is 9.83. The Bertz CT molecular complexity index is 141. The molecule has 1 N–H and O–H groups in total. The second-order valence-corrected chi connectivity index (χ2v) is 5.04. The van der Waals surface area contributed by atoms with Crippen molar-refractivity contribution in [2.24, 2.45) is 0 Å². The molecule has 0 atom stereocenters. The highest BCUT2D eigenvalue weighted by Gasteiger charge is 2.08. The molecule has 4 heteroatoms. The third-order valence-corrected chi connectivity index (χ3v) is 3.42. The van der Waals surface area contributed by atoms with Crippen LogP contribution in [0.25, 0.3) is 0 Å². The van der Waals surface area contributed by atoms with E-state index < -0.39 is 0 Å². The summed E-state index contributed by atoms with van der Waals surface area (Å²) in [5, 5.41) is 3.42. The van der Waals surface area contributed by atoms with Gasteiger partial charge in [-0.25, -0.2) is 0 Å². The molecule has 3 nitrogen and oxygen atoms in total. The van der Waals surface area contributed by atoms with E-state index in [1.165, 1.54) is 31.1 Å². The topological polar surface area (TPSA) is 24.5 Å². The molecule has 1 aliphatic heterocycles. The van der Waals surface area contributed by atoms with Crippen molar-refractivity contribution < 1.29 is 4.74 Å². The summed E-state index contributed by atoms with van der Waals surface area (Å²) < 4.78 is 5.40. The standard InChI is InChI=1S/C11H24N2OS/c1-2-8-14-9-4-12-3-5-13-6-10-15-11-7-13/h12H,2-11H2,1H3. The van der Waals surface area contributed by atoms with Crippen molar-refractivity contribution in [3.05, 3.63) is 0 Å². The van der Waals surface area contributed by atoms with E-state index in [-0.39, 0.29) is 0 Å². The van der Waals surface area contributed by atoms with Gasteiger partial charge in [0.15, 0.2) is 0 Å². The summed E-state index contributed by atoms with van der Waals surface area (Å²) in [5.41, 5.74) is 0. The predicted octanol–water partition coefficient (Wildman–Crippen LogP) is 1.05. The van der Waals surface area contributed by atoms with E-state index in [1.807, 2.05) is 0 Å². The summed E-state index contributed by atoms with van der Waals surface area (Å²) >= 11 is 2.07. The molecule has 1 aliphatic rings. The van der Waals surface area contributed by atoms with E-state index in [1.54, 1.807) is 0 Å². The van der Waals surface area contributed by atoms with E-state index in [0.29, 0.717) is 0 Å². The molecule has 0 aromatic carbocycles. The summed E-state index contributed by atoms with van der Waals surface area (Å²) in [5.74, 6) is 2.61. The van der Waals surface area contributed by atoms with Crippen molar-refractivity contribution in [3.8, 4) is 0 Å². The third-order valence-electron chi connectivity index (χ3n) is 2.48.